The molecular weight excluding hydrogens is 472 g/mol. The summed E-state index contributed by atoms with van der Waals surface area (Å²) in [5, 5.41) is 23.7. The van der Waals surface area contributed by atoms with Gasteiger partial charge in [0.1, 0.15) is 12.7 Å². The molecule has 0 saturated carbocycles. The van der Waals surface area contributed by atoms with Crippen molar-refractivity contribution < 1.29 is 4.21 Å². The average molecular weight is 507 g/mol. The number of rotatable bonds is 14. The van der Waals surface area contributed by atoms with Gasteiger partial charge < -0.3 is 0 Å². The minimum Gasteiger partial charge on any atom is -0.260 e. The Kier molecular flexibility index (Phi) is 8.69. The molecule has 2 aromatic heterocycles. The van der Waals surface area contributed by atoms with Crippen molar-refractivity contribution in [1.29, 1.82) is 0 Å². The third kappa shape index (κ3) is 6.10. The Balaban J connectivity index is 1.24. The molecule has 190 valence electrons. The molecule has 2 aromatic carbocycles. The van der Waals surface area contributed by atoms with Crippen molar-refractivity contribution >= 4 is 10.8 Å². The molecule has 9 nitrogen and oxygen atoms in total. The number of hydrogen-bond acceptors (Lipinski definition) is 7. The zero-order valence-corrected chi connectivity index (χ0v) is 21.8. The van der Waals surface area contributed by atoms with Crippen molar-refractivity contribution in [3.05, 3.63) is 84.4 Å². The summed E-state index contributed by atoms with van der Waals surface area (Å²) in [4.78, 5) is 0. The van der Waals surface area contributed by atoms with Crippen LogP contribution in [0.2, 0.25) is 0 Å². The summed E-state index contributed by atoms with van der Waals surface area (Å²) < 4.78 is 16.4. The van der Waals surface area contributed by atoms with Crippen LogP contribution in [0.15, 0.2) is 73.3 Å². The fourth-order valence-electron chi connectivity index (χ4n) is 4.72. The first kappa shape index (κ1) is 25.8. The third-order valence-corrected chi connectivity index (χ3v) is 8.56. The van der Waals surface area contributed by atoms with Crippen LogP contribution in [0.1, 0.15) is 63.5 Å². The minimum atomic E-state index is -0.833. The first-order valence-electron chi connectivity index (χ1n) is 12.5. The second kappa shape index (κ2) is 12.1. The average Bonchev–Trinajstić information content (AvgIpc) is 3.65. The molecule has 0 aliphatic heterocycles. The van der Waals surface area contributed by atoms with Crippen LogP contribution in [0.25, 0.3) is 0 Å². The molecule has 4 aromatic rings. The third-order valence-electron chi connectivity index (χ3n) is 7.07. The highest BCUT2D eigenvalue weighted by atomic mass is 32.2. The Morgan fingerprint density at radius 3 is 1.44 bits per heavy atom. The van der Waals surface area contributed by atoms with Crippen molar-refractivity contribution in [3.8, 4) is 0 Å². The van der Waals surface area contributed by atoms with E-state index in [2.05, 4.69) is 69.2 Å². The summed E-state index contributed by atoms with van der Waals surface area (Å²) in [6.07, 6.45) is 8.80. The van der Waals surface area contributed by atoms with Gasteiger partial charge >= 0.3 is 0 Å². The van der Waals surface area contributed by atoms with E-state index in [1.807, 2.05) is 45.8 Å². The molecule has 0 N–H and O–H groups in total. The standard InChI is InChI=1S/C26H34N8OS/c1-25(33-21-27-29-31-33,23-13-5-3-6-14-23)17-9-11-19-36(35)20-12-10-18-26(2,34-22-28-30-32-34)24-15-7-4-8-16-24/h3-8,13-16,21-22H,9-12,17-20H2,1-2H3. The van der Waals surface area contributed by atoms with Crippen LogP contribution in [0.5, 0.6) is 0 Å². The zero-order valence-electron chi connectivity index (χ0n) is 21.0. The van der Waals surface area contributed by atoms with Crippen molar-refractivity contribution in [3.63, 3.8) is 0 Å². The molecule has 0 aliphatic carbocycles. The molecule has 2 heterocycles. The lowest BCUT2D eigenvalue weighted by molar-refractivity contribution is 0.311. The Hall–Kier alpha value is -3.27. The van der Waals surface area contributed by atoms with E-state index in [0.717, 1.165) is 38.5 Å². The number of unbranched alkanes of at least 4 members (excludes halogenated alkanes) is 2. The molecule has 0 saturated heterocycles. The maximum absolute atomic E-state index is 12.7. The largest absolute Gasteiger partial charge is 0.260 e. The lowest BCUT2D eigenvalue weighted by Crippen LogP contribution is -2.32. The van der Waals surface area contributed by atoms with Gasteiger partial charge in [-0.05, 0) is 84.4 Å². The minimum absolute atomic E-state index is 0.329. The van der Waals surface area contributed by atoms with Crippen molar-refractivity contribution in [1.82, 2.24) is 40.4 Å². The summed E-state index contributed by atoms with van der Waals surface area (Å²) >= 11 is 0. The smallest absolute Gasteiger partial charge is 0.139 e. The van der Waals surface area contributed by atoms with E-state index in [1.54, 1.807) is 12.7 Å². The highest BCUT2D eigenvalue weighted by Crippen LogP contribution is 2.31. The maximum Gasteiger partial charge on any atom is 0.139 e. The summed E-state index contributed by atoms with van der Waals surface area (Å²) in [7, 11) is -0.833. The van der Waals surface area contributed by atoms with Crippen LogP contribution in [0, 0.1) is 0 Å². The maximum atomic E-state index is 12.7. The summed E-state index contributed by atoms with van der Waals surface area (Å²) in [6, 6.07) is 20.6. The highest BCUT2D eigenvalue weighted by molar-refractivity contribution is 7.84. The molecule has 0 bridgehead atoms. The van der Waals surface area contributed by atoms with Gasteiger partial charge in [-0.1, -0.05) is 60.7 Å². The summed E-state index contributed by atoms with van der Waals surface area (Å²) in [5.74, 6) is 1.42. The predicted octanol–water partition coefficient (Wildman–Crippen LogP) is 3.98. The van der Waals surface area contributed by atoms with Gasteiger partial charge in [-0.15, -0.1) is 10.2 Å². The van der Waals surface area contributed by atoms with Crippen molar-refractivity contribution in [2.75, 3.05) is 11.5 Å². The summed E-state index contributed by atoms with van der Waals surface area (Å²) in [5.41, 5.74) is 1.68. The Morgan fingerprint density at radius 1 is 0.667 bits per heavy atom. The fraction of sp³-hybridized carbons (Fsp3) is 0.462. The zero-order chi connectivity index (χ0) is 25.3. The Bertz CT molecular complexity index is 1090. The molecule has 2 atom stereocenters. The van der Waals surface area contributed by atoms with E-state index in [9.17, 15) is 4.21 Å². The van der Waals surface area contributed by atoms with Crippen LogP contribution in [-0.4, -0.2) is 56.1 Å². The van der Waals surface area contributed by atoms with Gasteiger partial charge in [0, 0.05) is 22.3 Å². The molecule has 2 unspecified atom stereocenters. The van der Waals surface area contributed by atoms with Gasteiger partial charge in [0.15, 0.2) is 0 Å². The second-order valence-corrected chi connectivity index (χ2v) is 11.2. The monoisotopic (exact) mass is 506 g/mol. The van der Waals surface area contributed by atoms with Crippen molar-refractivity contribution in [2.24, 2.45) is 0 Å². The molecular formula is C26H34N8OS. The quantitative estimate of drug-likeness (QED) is 0.238. The first-order chi connectivity index (χ1) is 17.5. The number of benzene rings is 2. The molecule has 0 amide bonds. The molecule has 10 heteroatoms. The SMILES string of the molecule is CC(CCCCS(=O)CCCCC(C)(c1ccccc1)n1cnnn1)(c1ccccc1)n1cnnn1. The van der Waals surface area contributed by atoms with E-state index in [1.165, 1.54) is 11.1 Å². The lowest BCUT2D eigenvalue weighted by Gasteiger charge is -2.30. The van der Waals surface area contributed by atoms with Gasteiger partial charge in [-0.2, -0.15) is 0 Å². The fourth-order valence-corrected chi connectivity index (χ4v) is 5.97. The highest BCUT2D eigenvalue weighted by Gasteiger charge is 2.30. The molecule has 0 fully saturated rings. The van der Waals surface area contributed by atoms with Crippen LogP contribution in [0.3, 0.4) is 0 Å². The molecule has 0 spiro atoms. The van der Waals surface area contributed by atoms with Crippen LogP contribution in [0.4, 0.5) is 0 Å². The Labute approximate surface area is 214 Å². The molecule has 36 heavy (non-hydrogen) atoms. The van der Waals surface area contributed by atoms with E-state index in [0.29, 0.717) is 11.5 Å². The van der Waals surface area contributed by atoms with Crippen LogP contribution in [-0.2, 0) is 21.9 Å². The second-order valence-electron chi connectivity index (χ2n) is 9.55. The van der Waals surface area contributed by atoms with Crippen LogP contribution >= 0.6 is 0 Å². The normalized spacial score (nSPS) is 15.7. The van der Waals surface area contributed by atoms with Gasteiger partial charge in [0.05, 0.1) is 11.1 Å². The number of aromatic nitrogens is 8. The van der Waals surface area contributed by atoms with Crippen molar-refractivity contribution in [2.45, 2.75) is 63.5 Å². The van der Waals surface area contributed by atoms with E-state index in [-0.39, 0.29) is 11.1 Å². The van der Waals surface area contributed by atoms with Gasteiger partial charge in [-0.3, -0.25) is 4.21 Å². The lowest BCUT2D eigenvalue weighted by atomic mass is 9.87. The predicted molar refractivity (Wildman–Crippen MR) is 140 cm³/mol. The molecule has 4 rings (SSSR count). The first-order valence-corrected chi connectivity index (χ1v) is 13.9. The summed E-state index contributed by atoms with van der Waals surface area (Å²) in [6.45, 7) is 4.31. The molecule has 0 aliphatic rings. The number of nitrogens with zero attached hydrogens (tertiary/aromatic N) is 8. The number of tetrazole rings is 2. The van der Waals surface area contributed by atoms with Gasteiger partial charge in [0.25, 0.3) is 0 Å². The topological polar surface area (TPSA) is 104 Å². The van der Waals surface area contributed by atoms with Gasteiger partial charge in [0.2, 0.25) is 0 Å². The van der Waals surface area contributed by atoms with E-state index >= 15 is 0 Å². The molecule has 0 radical (unpaired) electrons. The Morgan fingerprint density at radius 2 is 1.08 bits per heavy atom. The van der Waals surface area contributed by atoms with Crippen LogP contribution < -0.4 is 0 Å². The van der Waals surface area contributed by atoms with Gasteiger partial charge in [-0.25, -0.2) is 9.36 Å². The number of hydrogen-bond donors (Lipinski definition) is 0. The van der Waals surface area contributed by atoms with E-state index < -0.39 is 10.8 Å². The van der Waals surface area contributed by atoms with E-state index in [4.69, 9.17) is 0 Å².